The summed E-state index contributed by atoms with van der Waals surface area (Å²) in [5.74, 6) is -1.04. The first-order chi connectivity index (χ1) is 8.76. The standard InChI is InChI=1S/C13H17NO4S/c1-19(17,18)13(6-7-13)10-4-2-9(3-5-10)8-11(14)12(15)16/h2-5,11H,6-8,14H2,1H3,(H,15,16). The van der Waals surface area contributed by atoms with Crippen LogP contribution in [0.25, 0.3) is 0 Å². The van der Waals surface area contributed by atoms with E-state index in [1.54, 1.807) is 24.3 Å². The summed E-state index contributed by atoms with van der Waals surface area (Å²) < 4.78 is 22.8. The molecule has 1 saturated carbocycles. The van der Waals surface area contributed by atoms with Crippen LogP contribution in [0.3, 0.4) is 0 Å². The second-order valence-electron chi connectivity index (χ2n) is 5.11. The Balaban J connectivity index is 2.18. The van der Waals surface area contributed by atoms with Gasteiger partial charge in [0.1, 0.15) is 6.04 Å². The molecule has 0 radical (unpaired) electrons. The Labute approximate surface area is 112 Å². The normalized spacial score (nSPS) is 18.8. The molecule has 1 aromatic carbocycles. The smallest absolute Gasteiger partial charge is 0.320 e. The molecule has 0 amide bonds. The summed E-state index contributed by atoms with van der Waals surface area (Å²) in [7, 11) is -3.11. The van der Waals surface area contributed by atoms with E-state index in [0.717, 1.165) is 11.1 Å². The van der Waals surface area contributed by atoms with Gasteiger partial charge in [0, 0.05) is 6.26 Å². The number of sulfone groups is 1. The fraction of sp³-hybridized carbons (Fsp3) is 0.462. The third-order valence-corrected chi connectivity index (χ3v) is 5.73. The monoisotopic (exact) mass is 283 g/mol. The Kier molecular flexibility index (Phi) is 3.40. The number of carbonyl (C=O) groups is 1. The molecule has 1 fully saturated rings. The summed E-state index contributed by atoms with van der Waals surface area (Å²) in [5.41, 5.74) is 7.03. The third kappa shape index (κ3) is 2.64. The van der Waals surface area contributed by atoms with Crippen LogP contribution >= 0.6 is 0 Å². The van der Waals surface area contributed by atoms with Crippen molar-refractivity contribution in [2.75, 3.05) is 6.26 Å². The molecule has 1 aliphatic rings. The number of carboxylic acid groups (broad SMARTS) is 1. The van der Waals surface area contributed by atoms with Gasteiger partial charge in [-0.05, 0) is 30.4 Å². The van der Waals surface area contributed by atoms with Gasteiger partial charge in [-0.1, -0.05) is 24.3 Å². The van der Waals surface area contributed by atoms with Crippen molar-refractivity contribution >= 4 is 15.8 Å². The molecule has 0 spiro atoms. The number of benzene rings is 1. The quantitative estimate of drug-likeness (QED) is 0.828. The lowest BCUT2D eigenvalue weighted by molar-refractivity contribution is -0.138. The number of rotatable bonds is 5. The van der Waals surface area contributed by atoms with Crippen molar-refractivity contribution in [1.82, 2.24) is 0 Å². The minimum atomic E-state index is -3.11. The first kappa shape index (κ1) is 14.0. The number of hydrogen-bond acceptors (Lipinski definition) is 4. The topological polar surface area (TPSA) is 97.5 Å². The molecule has 19 heavy (non-hydrogen) atoms. The van der Waals surface area contributed by atoms with Crippen LogP contribution < -0.4 is 5.73 Å². The van der Waals surface area contributed by atoms with Crippen LogP contribution in [-0.2, 0) is 25.8 Å². The molecule has 6 heteroatoms. The zero-order valence-electron chi connectivity index (χ0n) is 10.7. The molecule has 3 N–H and O–H groups in total. The van der Waals surface area contributed by atoms with Gasteiger partial charge in [0.15, 0.2) is 9.84 Å². The highest BCUT2D eigenvalue weighted by molar-refractivity contribution is 7.92. The molecule has 1 aromatic rings. The largest absolute Gasteiger partial charge is 0.480 e. The Morgan fingerprint density at radius 1 is 1.37 bits per heavy atom. The molecule has 104 valence electrons. The van der Waals surface area contributed by atoms with Gasteiger partial charge < -0.3 is 10.8 Å². The average Bonchev–Trinajstić information content (AvgIpc) is 3.10. The molecule has 0 aliphatic heterocycles. The van der Waals surface area contributed by atoms with E-state index in [2.05, 4.69) is 0 Å². The lowest BCUT2D eigenvalue weighted by Gasteiger charge is -2.14. The van der Waals surface area contributed by atoms with E-state index >= 15 is 0 Å². The lowest BCUT2D eigenvalue weighted by Crippen LogP contribution is -2.32. The van der Waals surface area contributed by atoms with Crippen molar-refractivity contribution in [2.45, 2.75) is 30.1 Å². The first-order valence-electron chi connectivity index (χ1n) is 6.04. The van der Waals surface area contributed by atoms with E-state index in [9.17, 15) is 13.2 Å². The molecule has 1 unspecified atom stereocenters. The number of aliphatic carboxylic acids is 1. The lowest BCUT2D eigenvalue weighted by atomic mass is 10.0. The maximum absolute atomic E-state index is 11.8. The van der Waals surface area contributed by atoms with Crippen molar-refractivity contribution in [2.24, 2.45) is 5.73 Å². The van der Waals surface area contributed by atoms with E-state index in [1.165, 1.54) is 6.26 Å². The van der Waals surface area contributed by atoms with Crippen molar-refractivity contribution < 1.29 is 18.3 Å². The third-order valence-electron chi connectivity index (χ3n) is 3.67. The van der Waals surface area contributed by atoms with E-state index in [0.29, 0.717) is 12.8 Å². The molecular weight excluding hydrogens is 266 g/mol. The van der Waals surface area contributed by atoms with Crippen molar-refractivity contribution in [1.29, 1.82) is 0 Å². The molecule has 0 saturated heterocycles. The summed E-state index contributed by atoms with van der Waals surface area (Å²) in [6.45, 7) is 0. The second-order valence-corrected chi connectivity index (χ2v) is 7.44. The van der Waals surface area contributed by atoms with Crippen LogP contribution in [0.1, 0.15) is 24.0 Å². The van der Waals surface area contributed by atoms with Gasteiger partial charge in [-0.25, -0.2) is 8.42 Å². The summed E-state index contributed by atoms with van der Waals surface area (Å²) in [4.78, 5) is 10.7. The summed E-state index contributed by atoms with van der Waals surface area (Å²) in [5, 5.41) is 8.74. The Morgan fingerprint density at radius 3 is 2.26 bits per heavy atom. The van der Waals surface area contributed by atoms with Crippen LogP contribution in [0.15, 0.2) is 24.3 Å². The van der Waals surface area contributed by atoms with E-state index < -0.39 is 26.6 Å². The number of nitrogens with two attached hydrogens (primary N) is 1. The van der Waals surface area contributed by atoms with E-state index in [-0.39, 0.29) is 6.42 Å². The van der Waals surface area contributed by atoms with E-state index in [4.69, 9.17) is 10.8 Å². The summed E-state index contributed by atoms with van der Waals surface area (Å²) in [6, 6.07) is 6.10. The van der Waals surface area contributed by atoms with Gasteiger partial charge in [0.05, 0.1) is 4.75 Å². The zero-order valence-corrected chi connectivity index (χ0v) is 11.5. The Morgan fingerprint density at radius 2 is 1.89 bits per heavy atom. The fourth-order valence-electron chi connectivity index (χ4n) is 2.27. The predicted octanol–water partition coefficient (Wildman–Crippen LogP) is 0.675. The summed E-state index contributed by atoms with van der Waals surface area (Å²) >= 11 is 0. The van der Waals surface area contributed by atoms with Gasteiger partial charge in [-0.15, -0.1) is 0 Å². The maximum atomic E-state index is 11.8. The van der Waals surface area contributed by atoms with Gasteiger partial charge in [-0.3, -0.25) is 4.79 Å². The minimum absolute atomic E-state index is 0.238. The van der Waals surface area contributed by atoms with Gasteiger partial charge >= 0.3 is 5.97 Å². The maximum Gasteiger partial charge on any atom is 0.320 e. The highest BCUT2D eigenvalue weighted by atomic mass is 32.2. The molecule has 1 atom stereocenters. The van der Waals surface area contributed by atoms with Crippen LogP contribution in [-0.4, -0.2) is 31.8 Å². The van der Waals surface area contributed by atoms with Crippen molar-refractivity contribution in [3.8, 4) is 0 Å². The second kappa shape index (κ2) is 4.61. The van der Waals surface area contributed by atoms with Crippen molar-refractivity contribution in [3.05, 3.63) is 35.4 Å². The van der Waals surface area contributed by atoms with E-state index in [1.807, 2.05) is 0 Å². The highest BCUT2D eigenvalue weighted by Gasteiger charge is 2.53. The molecule has 2 rings (SSSR count). The van der Waals surface area contributed by atoms with Crippen LogP contribution in [0.4, 0.5) is 0 Å². The highest BCUT2D eigenvalue weighted by Crippen LogP contribution is 2.52. The zero-order chi connectivity index (χ0) is 14.3. The minimum Gasteiger partial charge on any atom is -0.480 e. The molecule has 1 aliphatic carbocycles. The van der Waals surface area contributed by atoms with Crippen molar-refractivity contribution in [3.63, 3.8) is 0 Å². The van der Waals surface area contributed by atoms with Gasteiger partial charge in [0.2, 0.25) is 0 Å². The molecule has 0 heterocycles. The van der Waals surface area contributed by atoms with Crippen LogP contribution in [0.5, 0.6) is 0 Å². The number of hydrogen-bond donors (Lipinski definition) is 2. The fourth-order valence-corrected chi connectivity index (χ4v) is 3.68. The SMILES string of the molecule is CS(=O)(=O)C1(c2ccc(CC(N)C(=O)O)cc2)CC1. The molecule has 0 bridgehead atoms. The Bertz CT molecular complexity index is 588. The van der Waals surface area contributed by atoms with Gasteiger partial charge in [-0.2, -0.15) is 0 Å². The Hall–Kier alpha value is -1.40. The number of carboxylic acids is 1. The molecule has 0 aromatic heterocycles. The van der Waals surface area contributed by atoms with Crippen LogP contribution in [0, 0.1) is 0 Å². The predicted molar refractivity (Wildman–Crippen MR) is 71.5 cm³/mol. The molecular formula is C13H17NO4S. The first-order valence-corrected chi connectivity index (χ1v) is 7.93. The summed E-state index contributed by atoms with van der Waals surface area (Å²) in [6.07, 6.45) is 2.80. The van der Waals surface area contributed by atoms with Gasteiger partial charge in [0.25, 0.3) is 0 Å². The molecule has 5 nitrogen and oxygen atoms in total. The van der Waals surface area contributed by atoms with Crippen LogP contribution in [0.2, 0.25) is 0 Å². The average molecular weight is 283 g/mol.